The van der Waals surface area contributed by atoms with Crippen LogP contribution in [0.25, 0.3) is 16.7 Å². The van der Waals surface area contributed by atoms with Crippen LogP contribution in [0.2, 0.25) is 0 Å². The zero-order valence-corrected chi connectivity index (χ0v) is 11.7. The number of esters is 1. The van der Waals surface area contributed by atoms with Crippen molar-refractivity contribution in [2.45, 2.75) is 6.92 Å². The number of hydrogen-bond donors (Lipinski definition) is 1. The summed E-state index contributed by atoms with van der Waals surface area (Å²) in [6.45, 7) is 2.04. The second-order valence-corrected chi connectivity index (χ2v) is 4.29. The lowest BCUT2D eigenvalue weighted by atomic mass is 10.3. The third-order valence-electron chi connectivity index (χ3n) is 2.49. The number of nitrogens with zero attached hydrogens (tertiary/aromatic N) is 2. The van der Waals surface area contributed by atoms with Crippen molar-refractivity contribution >= 4 is 22.6 Å². The lowest BCUT2D eigenvalue weighted by Gasteiger charge is -2.10. The van der Waals surface area contributed by atoms with E-state index in [2.05, 4.69) is 10.4 Å². The van der Waals surface area contributed by atoms with Crippen molar-refractivity contribution in [3.05, 3.63) is 36.4 Å². The van der Waals surface area contributed by atoms with Crippen molar-refractivity contribution in [1.82, 2.24) is 15.4 Å². The highest BCUT2D eigenvalue weighted by Crippen LogP contribution is 2.21. The maximum absolute atomic E-state index is 12.0. The largest absolute Gasteiger partial charge is 0.462 e. The summed E-state index contributed by atoms with van der Waals surface area (Å²) in [4.78, 5) is 16.3. The van der Waals surface area contributed by atoms with Gasteiger partial charge >= 0.3 is 5.97 Å². The van der Waals surface area contributed by atoms with Gasteiger partial charge < -0.3 is 14.6 Å². The number of rotatable bonds is 5. The molecule has 0 amide bonds. The van der Waals surface area contributed by atoms with E-state index in [9.17, 15) is 4.79 Å². The molecule has 0 aliphatic heterocycles. The number of ether oxygens (including phenoxy) is 1. The molecule has 6 heteroatoms. The molecule has 0 atom stereocenters. The molecular formula is C14H17N3O3. The van der Waals surface area contributed by atoms with Crippen molar-refractivity contribution in [2.24, 2.45) is 0 Å². The highest BCUT2D eigenvalue weighted by Gasteiger charge is 2.19. The maximum atomic E-state index is 12.0. The van der Waals surface area contributed by atoms with Crippen molar-refractivity contribution in [3.8, 4) is 0 Å². The van der Waals surface area contributed by atoms with Crippen LogP contribution < -0.4 is 5.43 Å². The summed E-state index contributed by atoms with van der Waals surface area (Å²) in [6.07, 6.45) is 1.52. The molecule has 1 heterocycles. The van der Waals surface area contributed by atoms with Crippen LogP contribution in [0, 0.1) is 0 Å². The molecule has 20 heavy (non-hydrogen) atoms. The zero-order valence-electron chi connectivity index (χ0n) is 11.7. The van der Waals surface area contributed by atoms with Crippen molar-refractivity contribution in [1.29, 1.82) is 0 Å². The Balaban J connectivity index is 2.39. The fourth-order valence-corrected chi connectivity index (χ4v) is 1.60. The van der Waals surface area contributed by atoms with E-state index in [4.69, 9.17) is 9.15 Å². The standard InChI is InChI=1S/C14H17N3O3/c1-4-19-14(18)10(9-15-17(2)3)13-16-11-7-5-6-8-12(11)20-13/h5-9,15H,4H2,1-3H3/b10-9-. The molecule has 2 aromatic rings. The van der Waals surface area contributed by atoms with E-state index in [0.717, 1.165) is 0 Å². The van der Waals surface area contributed by atoms with Gasteiger partial charge in [0.2, 0.25) is 5.89 Å². The van der Waals surface area contributed by atoms with Gasteiger partial charge in [0.05, 0.1) is 6.61 Å². The smallest absolute Gasteiger partial charge is 0.345 e. The number of aromatic nitrogens is 1. The second kappa shape index (κ2) is 6.21. The number of oxazole rings is 1. The van der Waals surface area contributed by atoms with Gasteiger partial charge in [0.25, 0.3) is 0 Å². The third kappa shape index (κ3) is 3.16. The molecule has 1 aromatic carbocycles. The van der Waals surface area contributed by atoms with Gasteiger partial charge in [0, 0.05) is 20.3 Å². The van der Waals surface area contributed by atoms with E-state index in [1.807, 2.05) is 32.3 Å². The summed E-state index contributed by atoms with van der Waals surface area (Å²) in [7, 11) is 3.62. The van der Waals surface area contributed by atoms with Crippen molar-refractivity contribution in [2.75, 3.05) is 20.7 Å². The SMILES string of the molecule is CCOC(=O)/C(=C\NN(C)C)c1nc2ccccc2o1. The van der Waals surface area contributed by atoms with Crippen LogP contribution in [-0.2, 0) is 9.53 Å². The number of carbonyl (C=O) groups is 1. The Hall–Kier alpha value is -2.34. The van der Waals surface area contributed by atoms with E-state index >= 15 is 0 Å². The normalized spacial score (nSPS) is 11.9. The number of hydrazine groups is 1. The number of hydrogen-bond acceptors (Lipinski definition) is 6. The highest BCUT2D eigenvalue weighted by molar-refractivity contribution is 6.15. The average Bonchev–Trinajstić information content (AvgIpc) is 2.82. The van der Waals surface area contributed by atoms with Gasteiger partial charge in [-0.1, -0.05) is 12.1 Å². The quantitative estimate of drug-likeness (QED) is 0.510. The molecule has 0 aliphatic carbocycles. The molecule has 0 saturated heterocycles. The Labute approximate surface area is 117 Å². The van der Waals surface area contributed by atoms with Crippen LogP contribution in [0.15, 0.2) is 34.9 Å². The maximum Gasteiger partial charge on any atom is 0.345 e. The Morgan fingerprint density at radius 1 is 1.45 bits per heavy atom. The van der Waals surface area contributed by atoms with Gasteiger partial charge in [0.15, 0.2) is 5.58 Å². The number of fused-ring (bicyclic) bond motifs is 1. The molecule has 1 aromatic heterocycles. The number of para-hydroxylation sites is 2. The molecule has 0 unspecified atom stereocenters. The number of carbonyl (C=O) groups excluding carboxylic acids is 1. The minimum atomic E-state index is -0.478. The van der Waals surface area contributed by atoms with Gasteiger partial charge in [-0.25, -0.2) is 14.8 Å². The predicted molar refractivity (Wildman–Crippen MR) is 75.4 cm³/mol. The first-order valence-electron chi connectivity index (χ1n) is 6.28. The first-order valence-corrected chi connectivity index (χ1v) is 6.28. The van der Waals surface area contributed by atoms with E-state index in [-0.39, 0.29) is 11.5 Å². The minimum Gasteiger partial charge on any atom is -0.462 e. The summed E-state index contributed by atoms with van der Waals surface area (Å²) >= 11 is 0. The fraction of sp³-hybridized carbons (Fsp3) is 0.286. The first-order chi connectivity index (χ1) is 9.61. The van der Waals surface area contributed by atoms with Gasteiger partial charge in [-0.2, -0.15) is 0 Å². The van der Waals surface area contributed by atoms with Gasteiger partial charge in [-0.15, -0.1) is 0 Å². The summed E-state index contributed by atoms with van der Waals surface area (Å²) in [5.74, 6) is -0.243. The monoisotopic (exact) mass is 275 g/mol. The Morgan fingerprint density at radius 2 is 2.20 bits per heavy atom. The van der Waals surface area contributed by atoms with E-state index in [0.29, 0.717) is 17.7 Å². The molecule has 0 saturated carbocycles. The van der Waals surface area contributed by atoms with Crippen molar-refractivity contribution < 1.29 is 13.9 Å². The second-order valence-electron chi connectivity index (χ2n) is 4.29. The lowest BCUT2D eigenvalue weighted by molar-refractivity contribution is -0.136. The summed E-state index contributed by atoms with van der Waals surface area (Å²) in [5, 5.41) is 1.70. The molecule has 106 valence electrons. The average molecular weight is 275 g/mol. The molecule has 0 aliphatic rings. The molecular weight excluding hydrogens is 258 g/mol. The third-order valence-corrected chi connectivity index (χ3v) is 2.49. The molecule has 2 rings (SSSR count). The van der Waals surface area contributed by atoms with Crippen LogP contribution in [-0.4, -0.2) is 36.7 Å². The summed E-state index contributed by atoms with van der Waals surface area (Å²) < 4.78 is 10.6. The van der Waals surface area contributed by atoms with Crippen LogP contribution in [0.4, 0.5) is 0 Å². The Morgan fingerprint density at radius 3 is 2.85 bits per heavy atom. The fourth-order valence-electron chi connectivity index (χ4n) is 1.60. The topological polar surface area (TPSA) is 67.6 Å². The van der Waals surface area contributed by atoms with Crippen molar-refractivity contribution in [3.63, 3.8) is 0 Å². The lowest BCUT2D eigenvalue weighted by Crippen LogP contribution is -2.26. The molecule has 0 fully saturated rings. The van der Waals surface area contributed by atoms with E-state index in [1.54, 1.807) is 18.0 Å². The van der Waals surface area contributed by atoms with E-state index in [1.165, 1.54) is 6.20 Å². The zero-order chi connectivity index (χ0) is 14.5. The van der Waals surface area contributed by atoms with Gasteiger partial charge in [-0.3, -0.25) is 0 Å². The van der Waals surface area contributed by atoms with Gasteiger partial charge in [0.1, 0.15) is 11.1 Å². The highest BCUT2D eigenvalue weighted by atomic mass is 16.5. The number of benzene rings is 1. The van der Waals surface area contributed by atoms with E-state index < -0.39 is 5.97 Å². The molecule has 0 bridgehead atoms. The number of nitrogens with one attached hydrogen (secondary N) is 1. The minimum absolute atomic E-state index is 0.235. The van der Waals surface area contributed by atoms with Crippen LogP contribution >= 0.6 is 0 Å². The van der Waals surface area contributed by atoms with Crippen LogP contribution in [0.5, 0.6) is 0 Å². The molecule has 0 radical (unpaired) electrons. The van der Waals surface area contributed by atoms with Crippen LogP contribution in [0.3, 0.4) is 0 Å². The Kier molecular flexibility index (Phi) is 4.37. The molecule has 1 N–H and O–H groups in total. The summed E-state index contributed by atoms with van der Waals surface area (Å²) in [6, 6.07) is 7.34. The Bertz CT molecular complexity index is 598. The predicted octanol–water partition coefficient (Wildman–Crippen LogP) is 1.80. The summed E-state index contributed by atoms with van der Waals surface area (Å²) in [5.41, 5.74) is 4.47. The molecule has 6 nitrogen and oxygen atoms in total. The molecule has 0 spiro atoms. The first kappa shape index (κ1) is 14.1. The van der Waals surface area contributed by atoms with Crippen LogP contribution in [0.1, 0.15) is 12.8 Å². The van der Waals surface area contributed by atoms with Gasteiger partial charge in [-0.05, 0) is 19.1 Å².